The number of hydrogen-bond acceptors (Lipinski definition) is 4. The molecule has 0 radical (unpaired) electrons. The second kappa shape index (κ2) is 6.20. The Balaban J connectivity index is 2.80. The van der Waals surface area contributed by atoms with Crippen LogP contribution in [0.4, 0.5) is 0 Å². The molecule has 18 heavy (non-hydrogen) atoms. The average molecular weight is 268 g/mol. The van der Waals surface area contributed by atoms with Crippen molar-refractivity contribution in [2.75, 3.05) is 0 Å². The van der Waals surface area contributed by atoms with E-state index >= 15 is 0 Å². The quantitative estimate of drug-likeness (QED) is 0.476. The molecule has 1 unspecified atom stereocenters. The molecule has 1 aromatic rings. The number of carbonyl (C=O) groups is 1. The molecule has 0 saturated heterocycles. The Morgan fingerprint density at radius 2 is 2.17 bits per heavy atom. The molecule has 1 amide bonds. The number of nitrogens with two attached hydrogens (primary N) is 1. The maximum absolute atomic E-state index is 11.9. The summed E-state index contributed by atoms with van der Waals surface area (Å²) in [6.45, 7) is 1.89. The predicted molar refractivity (Wildman–Crippen MR) is 72.7 cm³/mol. The second-order valence-corrected chi connectivity index (χ2v) is 4.47. The normalized spacial score (nSPS) is 11.8. The molecule has 0 aromatic heterocycles. The van der Waals surface area contributed by atoms with Gasteiger partial charge in [-0.25, -0.2) is 0 Å². The lowest BCUT2D eigenvalue weighted by Crippen LogP contribution is -2.37. The van der Waals surface area contributed by atoms with E-state index in [1.54, 1.807) is 0 Å². The second-order valence-electron chi connectivity index (χ2n) is 3.95. The molecular weight excluding hydrogens is 252 g/mol. The highest BCUT2D eigenvalue weighted by Crippen LogP contribution is 2.22. The highest BCUT2D eigenvalue weighted by molar-refractivity contribution is 7.80. The number of amides is 1. The molecule has 98 valence electrons. The predicted octanol–water partition coefficient (Wildman–Crippen LogP) is 1.28. The first-order valence-electron chi connectivity index (χ1n) is 5.55. The minimum atomic E-state index is -0.466. The van der Waals surface area contributed by atoms with E-state index in [1.807, 2.05) is 6.92 Å². The Morgan fingerprint density at radius 1 is 1.50 bits per heavy atom. The van der Waals surface area contributed by atoms with Crippen LogP contribution < -0.4 is 11.1 Å². The molecule has 1 rings (SSSR count). The molecule has 0 fully saturated rings. The van der Waals surface area contributed by atoms with Gasteiger partial charge >= 0.3 is 0 Å². The lowest BCUT2D eigenvalue weighted by molar-refractivity contribution is 0.0934. The Hall–Kier alpha value is -1.82. The summed E-state index contributed by atoms with van der Waals surface area (Å²) < 4.78 is 0. The Kier molecular flexibility index (Phi) is 4.91. The van der Waals surface area contributed by atoms with E-state index in [9.17, 15) is 15.0 Å². The molecule has 1 aromatic carbocycles. The maximum Gasteiger partial charge on any atom is 0.255 e. The van der Waals surface area contributed by atoms with Crippen LogP contribution in [0.25, 0.3) is 0 Å². The highest BCUT2D eigenvalue weighted by atomic mass is 32.1. The van der Waals surface area contributed by atoms with E-state index in [0.717, 1.165) is 0 Å². The van der Waals surface area contributed by atoms with Gasteiger partial charge in [0.1, 0.15) is 11.5 Å². The summed E-state index contributed by atoms with van der Waals surface area (Å²) in [6, 6.07) is 3.59. The highest BCUT2D eigenvalue weighted by Gasteiger charge is 2.16. The Morgan fingerprint density at radius 3 is 2.72 bits per heavy atom. The van der Waals surface area contributed by atoms with Gasteiger partial charge in [0.25, 0.3) is 5.91 Å². The summed E-state index contributed by atoms with van der Waals surface area (Å²) in [7, 11) is 0. The van der Waals surface area contributed by atoms with Gasteiger partial charge in [-0.3, -0.25) is 4.79 Å². The van der Waals surface area contributed by atoms with Gasteiger partial charge in [-0.1, -0.05) is 19.1 Å². The minimum Gasteiger partial charge on any atom is -0.508 e. The zero-order valence-electron chi connectivity index (χ0n) is 10.0. The third-order valence-electron chi connectivity index (χ3n) is 2.50. The summed E-state index contributed by atoms with van der Waals surface area (Å²) in [5, 5.41) is 21.5. The first-order chi connectivity index (χ1) is 8.43. The van der Waals surface area contributed by atoms with Crippen molar-refractivity contribution < 1.29 is 15.0 Å². The maximum atomic E-state index is 11.9. The van der Waals surface area contributed by atoms with Crippen molar-refractivity contribution in [1.29, 1.82) is 0 Å². The van der Waals surface area contributed by atoms with Gasteiger partial charge in [0, 0.05) is 12.5 Å². The smallest absolute Gasteiger partial charge is 0.255 e. The van der Waals surface area contributed by atoms with E-state index in [-0.39, 0.29) is 23.1 Å². The fraction of sp³-hybridized carbons (Fsp3) is 0.333. The number of nitrogens with one attached hydrogen (secondary N) is 1. The third-order valence-corrected chi connectivity index (χ3v) is 2.67. The van der Waals surface area contributed by atoms with Crippen LogP contribution in [0.15, 0.2) is 18.2 Å². The molecule has 0 saturated carbocycles. The van der Waals surface area contributed by atoms with Crippen molar-refractivity contribution in [3.05, 3.63) is 23.8 Å². The number of phenolic OH excluding ortho intramolecular Hbond substituents is 2. The molecule has 5 N–H and O–H groups in total. The lowest BCUT2D eigenvalue weighted by Gasteiger charge is -2.16. The molecule has 6 heteroatoms. The van der Waals surface area contributed by atoms with Gasteiger partial charge in [-0.15, -0.1) is 0 Å². The van der Waals surface area contributed by atoms with E-state index in [2.05, 4.69) is 5.32 Å². The summed E-state index contributed by atoms with van der Waals surface area (Å²) in [6.07, 6.45) is 1.07. The van der Waals surface area contributed by atoms with Gasteiger partial charge in [-0.05, 0) is 24.6 Å². The van der Waals surface area contributed by atoms with Gasteiger partial charge < -0.3 is 21.3 Å². The van der Waals surface area contributed by atoms with Crippen LogP contribution in [0.2, 0.25) is 0 Å². The molecule has 1 atom stereocenters. The SMILES string of the molecule is CCC(CC(N)=S)NC(=O)c1cc(O)ccc1O. The third kappa shape index (κ3) is 3.89. The largest absolute Gasteiger partial charge is 0.508 e. The molecule has 0 aliphatic rings. The van der Waals surface area contributed by atoms with Crippen LogP contribution in [0.1, 0.15) is 30.1 Å². The van der Waals surface area contributed by atoms with E-state index in [4.69, 9.17) is 18.0 Å². The summed E-state index contributed by atoms with van der Waals surface area (Å²) >= 11 is 4.79. The Labute approximate surface area is 111 Å². The number of thiocarbonyl (C=S) groups is 1. The zero-order chi connectivity index (χ0) is 13.7. The molecule has 0 bridgehead atoms. The Bertz CT molecular complexity index is 463. The van der Waals surface area contributed by atoms with Crippen LogP contribution >= 0.6 is 12.2 Å². The fourth-order valence-corrected chi connectivity index (χ4v) is 1.71. The van der Waals surface area contributed by atoms with Crippen molar-refractivity contribution in [3.63, 3.8) is 0 Å². The number of phenols is 2. The van der Waals surface area contributed by atoms with Crippen molar-refractivity contribution in [3.8, 4) is 11.5 Å². The number of hydrogen-bond donors (Lipinski definition) is 4. The summed E-state index contributed by atoms with van der Waals surface area (Å²) in [4.78, 5) is 12.2. The zero-order valence-corrected chi connectivity index (χ0v) is 10.8. The molecule has 5 nitrogen and oxygen atoms in total. The van der Waals surface area contributed by atoms with E-state index in [0.29, 0.717) is 17.8 Å². The number of rotatable bonds is 5. The van der Waals surface area contributed by atoms with Crippen LogP contribution in [0.5, 0.6) is 11.5 Å². The standard InChI is InChI=1S/C12H16N2O3S/c1-2-7(5-11(13)18)14-12(17)9-6-8(15)3-4-10(9)16/h3-4,6-7,15-16H,2,5H2,1H3,(H2,13,18)(H,14,17). The first-order valence-corrected chi connectivity index (χ1v) is 5.96. The fourth-order valence-electron chi connectivity index (χ4n) is 1.51. The van der Waals surface area contributed by atoms with Gasteiger partial charge in [0.15, 0.2) is 0 Å². The lowest BCUT2D eigenvalue weighted by atomic mass is 10.1. The van der Waals surface area contributed by atoms with Crippen LogP contribution in [-0.4, -0.2) is 27.2 Å². The first kappa shape index (κ1) is 14.2. The van der Waals surface area contributed by atoms with E-state index < -0.39 is 5.91 Å². The van der Waals surface area contributed by atoms with Crippen LogP contribution in [0.3, 0.4) is 0 Å². The average Bonchev–Trinajstić information content (AvgIpc) is 2.30. The number of aromatic hydroxyl groups is 2. The van der Waals surface area contributed by atoms with Gasteiger partial charge in [0.05, 0.1) is 10.6 Å². The van der Waals surface area contributed by atoms with Crippen molar-refractivity contribution in [2.24, 2.45) is 5.73 Å². The van der Waals surface area contributed by atoms with Crippen LogP contribution in [0, 0.1) is 0 Å². The summed E-state index contributed by atoms with van der Waals surface area (Å²) in [5.74, 6) is -0.734. The van der Waals surface area contributed by atoms with Gasteiger partial charge in [0.2, 0.25) is 0 Å². The van der Waals surface area contributed by atoms with Crippen LogP contribution in [-0.2, 0) is 0 Å². The minimum absolute atomic E-state index is 0.0244. The summed E-state index contributed by atoms with van der Waals surface area (Å²) in [5.41, 5.74) is 5.45. The van der Waals surface area contributed by atoms with E-state index in [1.165, 1.54) is 18.2 Å². The van der Waals surface area contributed by atoms with Gasteiger partial charge in [-0.2, -0.15) is 0 Å². The number of benzene rings is 1. The molecular formula is C12H16N2O3S. The monoisotopic (exact) mass is 268 g/mol. The number of carbonyl (C=O) groups excluding carboxylic acids is 1. The molecule has 0 aliphatic heterocycles. The van der Waals surface area contributed by atoms with Crippen molar-refractivity contribution >= 4 is 23.1 Å². The topological polar surface area (TPSA) is 95.6 Å². The van der Waals surface area contributed by atoms with Crippen molar-refractivity contribution in [1.82, 2.24) is 5.32 Å². The molecule has 0 spiro atoms. The molecule has 0 heterocycles. The molecule has 0 aliphatic carbocycles. The van der Waals surface area contributed by atoms with Crippen molar-refractivity contribution in [2.45, 2.75) is 25.8 Å².